The number of amides is 1. The van der Waals surface area contributed by atoms with Crippen molar-refractivity contribution < 1.29 is 21.1 Å². The van der Waals surface area contributed by atoms with Crippen molar-refractivity contribution in [2.75, 3.05) is 13.2 Å². The van der Waals surface area contributed by atoms with E-state index in [-0.39, 0.29) is 6.04 Å². The zero-order chi connectivity index (χ0) is 15.2. The van der Waals surface area contributed by atoms with Crippen molar-refractivity contribution in [1.29, 1.82) is 0 Å². The summed E-state index contributed by atoms with van der Waals surface area (Å²) in [4.78, 5) is 14.4. The van der Waals surface area contributed by atoms with E-state index >= 15 is 0 Å². The number of likely N-dealkylation sites (tertiary alicyclic amines) is 1. The van der Waals surface area contributed by atoms with Crippen LogP contribution in [-0.2, 0) is 23.3 Å². The minimum absolute atomic E-state index is 0.103. The van der Waals surface area contributed by atoms with Crippen molar-refractivity contribution in [3.8, 4) is 0 Å². The summed E-state index contributed by atoms with van der Waals surface area (Å²) < 4.78 is 13.5. The van der Waals surface area contributed by atoms with Gasteiger partial charge in [-0.3, -0.25) is 0 Å². The molecule has 6 heteroatoms. The zero-order valence-electron chi connectivity index (χ0n) is 12.3. The van der Waals surface area contributed by atoms with E-state index in [0.717, 1.165) is 16.9 Å². The number of aliphatic hydroxyl groups is 1. The van der Waals surface area contributed by atoms with E-state index in [4.69, 9.17) is 6.11 Å². The van der Waals surface area contributed by atoms with Crippen molar-refractivity contribution in [2.45, 2.75) is 44.4 Å². The number of fused-ring (bicyclic) bond motifs is 2. The number of ether oxygens (including phenoxy) is 1. The third kappa shape index (κ3) is 2.12. The Hall–Kier alpha value is -1.11. The van der Waals surface area contributed by atoms with Gasteiger partial charge in [0.05, 0.1) is 14.6 Å². The molecule has 20 heavy (non-hydrogen) atoms. The van der Waals surface area contributed by atoms with Gasteiger partial charge in [-0.15, -0.1) is 11.3 Å². The van der Waals surface area contributed by atoms with Crippen LogP contribution in [0.15, 0.2) is 6.07 Å². The molecule has 0 bridgehead atoms. The summed E-state index contributed by atoms with van der Waals surface area (Å²) in [5, 5.41) is 18.7. The van der Waals surface area contributed by atoms with Gasteiger partial charge in [0.2, 0.25) is 0 Å². The van der Waals surface area contributed by atoms with Crippen LogP contribution in [0.25, 0.3) is 0 Å². The molecule has 0 saturated carbocycles. The number of hydrogen-bond acceptors (Lipinski definition) is 4. The molecule has 110 valence electrons. The normalized spacial score (nSPS) is 31.8. The van der Waals surface area contributed by atoms with Crippen LogP contribution >= 0.6 is 11.3 Å². The molecule has 1 amide bonds. The average Bonchev–Trinajstić information content (AvgIpc) is 2.84. The summed E-state index contributed by atoms with van der Waals surface area (Å²) >= 11 is 1.43. The van der Waals surface area contributed by atoms with Gasteiger partial charge < -0.3 is 19.8 Å². The van der Waals surface area contributed by atoms with E-state index in [1.807, 2.05) is 13.0 Å². The molecular weight excluding hydrogens is 278 g/mol. The number of thiophene rings is 1. The van der Waals surface area contributed by atoms with Gasteiger partial charge in [-0.1, -0.05) is 0 Å². The van der Waals surface area contributed by atoms with Crippen LogP contribution in [0, 0.1) is 0 Å². The molecule has 3 atom stereocenters. The standard InChI is InChI=1S/C14H19NO4S/c1-9-7-14(3-4-15(9)13(17)18)12-10(2-5-19-14)6-11(8-16)20-12/h6,9,16H,2-5,7-8H2,1H3,(H,17,18)/t9-,14+/m0/s1/i8D/t8?,9-,14+. The highest BCUT2D eigenvalue weighted by atomic mass is 32.1. The lowest BCUT2D eigenvalue weighted by molar-refractivity contribution is -0.104. The first-order chi connectivity index (χ1) is 9.93. The minimum Gasteiger partial charge on any atom is -0.465 e. The van der Waals surface area contributed by atoms with Crippen molar-refractivity contribution >= 4 is 17.4 Å². The van der Waals surface area contributed by atoms with Gasteiger partial charge in [-0.05, 0) is 31.4 Å². The van der Waals surface area contributed by atoms with Crippen molar-refractivity contribution in [3.63, 3.8) is 0 Å². The maximum atomic E-state index is 11.2. The molecule has 1 fully saturated rings. The molecule has 1 unspecified atom stereocenters. The van der Waals surface area contributed by atoms with Gasteiger partial charge in [0.25, 0.3) is 0 Å². The highest BCUT2D eigenvalue weighted by Crippen LogP contribution is 2.46. The fourth-order valence-corrected chi connectivity index (χ4v) is 4.55. The molecule has 3 heterocycles. The molecule has 3 rings (SSSR count). The lowest BCUT2D eigenvalue weighted by Gasteiger charge is -2.46. The summed E-state index contributed by atoms with van der Waals surface area (Å²) in [6.07, 6.45) is 1.16. The fraction of sp³-hybridized carbons (Fsp3) is 0.643. The van der Waals surface area contributed by atoms with Crippen LogP contribution in [0.1, 0.15) is 36.5 Å². The third-order valence-corrected chi connectivity index (χ3v) is 5.58. The van der Waals surface area contributed by atoms with Crippen molar-refractivity contribution in [1.82, 2.24) is 4.90 Å². The number of aliphatic hydroxyl groups excluding tert-OH is 1. The van der Waals surface area contributed by atoms with E-state index in [0.29, 0.717) is 30.9 Å². The molecule has 1 aromatic heterocycles. The van der Waals surface area contributed by atoms with Crippen LogP contribution in [-0.4, -0.2) is 40.4 Å². The molecule has 2 aliphatic rings. The van der Waals surface area contributed by atoms with Crippen LogP contribution < -0.4 is 0 Å². The summed E-state index contributed by atoms with van der Waals surface area (Å²) in [5.74, 6) is 0. The van der Waals surface area contributed by atoms with Gasteiger partial charge in [-0.2, -0.15) is 0 Å². The van der Waals surface area contributed by atoms with Gasteiger partial charge in [0.1, 0.15) is 5.60 Å². The highest BCUT2D eigenvalue weighted by Gasteiger charge is 2.45. The summed E-state index contributed by atoms with van der Waals surface area (Å²) in [6, 6.07) is 1.80. The Kier molecular flexibility index (Phi) is 3.17. The lowest BCUT2D eigenvalue weighted by atomic mass is 9.82. The zero-order valence-corrected chi connectivity index (χ0v) is 12.2. The maximum absolute atomic E-state index is 11.2. The first-order valence-corrected chi connectivity index (χ1v) is 7.61. The first kappa shape index (κ1) is 12.6. The number of carbonyl (C=O) groups is 1. The Labute approximate surface area is 123 Å². The predicted molar refractivity (Wildman–Crippen MR) is 75.0 cm³/mol. The molecule has 0 aromatic carbocycles. The second kappa shape index (κ2) is 5.02. The van der Waals surface area contributed by atoms with E-state index < -0.39 is 18.3 Å². The molecule has 1 saturated heterocycles. The Morgan fingerprint density at radius 1 is 1.75 bits per heavy atom. The largest absolute Gasteiger partial charge is 0.465 e. The number of piperidine rings is 1. The second-order valence-electron chi connectivity index (χ2n) is 5.50. The molecule has 5 nitrogen and oxygen atoms in total. The second-order valence-corrected chi connectivity index (χ2v) is 6.59. The number of rotatable bonds is 1. The molecular formula is C14H19NO4S. The average molecular weight is 298 g/mol. The van der Waals surface area contributed by atoms with Crippen LogP contribution in [0.4, 0.5) is 4.79 Å². The number of carboxylic acid groups (broad SMARTS) is 1. The number of hydrogen-bond donors (Lipinski definition) is 2. The predicted octanol–water partition coefficient (Wildman–Crippen LogP) is 2.17. The van der Waals surface area contributed by atoms with Gasteiger partial charge in [0.15, 0.2) is 0 Å². The monoisotopic (exact) mass is 298 g/mol. The molecule has 0 aliphatic carbocycles. The van der Waals surface area contributed by atoms with Crippen LogP contribution in [0.2, 0.25) is 0 Å². The van der Waals surface area contributed by atoms with Crippen molar-refractivity contribution in [2.24, 2.45) is 0 Å². The fourth-order valence-electron chi connectivity index (χ4n) is 3.34. The highest BCUT2D eigenvalue weighted by molar-refractivity contribution is 7.12. The topological polar surface area (TPSA) is 70.0 Å². The van der Waals surface area contributed by atoms with E-state index in [9.17, 15) is 15.0 Å². The molecule has 1 spiro atoms. The Balaban J connectivity index is 1.93. The van der Waals surface area contributed by atoms with E-state index in [2.05, 4.69) is 0 Å². The SMILES string of the molecule is [2H]C(O)c1cc2c(s1)[C@]1(CCN(C(=O)O)[C@@H](C)C1)OCC2. The van der Waals surface area contributed by atoms with Gasteiger partial charge >= 0.3 is 6.09 Å². The Bertz CT molecular complexity index is 561. The third-order valence-electron chi connectivity index (χ3n) is 4.28. The van der Waals surface area contributed by atoms with Crippen LogP contribution in [0.5, 0.6) is 0 Å². The lowest BCUT2D eigenvalue weighted by Crippen LogP contribution is -2.51. The molecule has 2 N–H and O–H groups in total. The smallest absolute Gasteiger partial charge is 0.407 e. The Morgan fingerprint density at radius 2 is 2.55 bits per heavy atom. The van der Waals surface area contributed by atoms with Gasteiger partial charge in [-0.25, -0.2) is 4.79 Å². The molecule has 0 radical (unpaired) electrons. The van der Waals surface area contributed by atoms with Crippen LogP contribution in [0.3, 0.4) is 0 Å². The van der Waals surface area contributed by atoms with E-state index in [1.165, 1.54) is 16.2 Å². The maximum Gasteiger partial charge on any atom is 0.407 e. The summed E-state index contributed by atoms with van der Waals surface area (Å²) in [6.45, 7) is 1.75. The summed E-state index contributed by atoms with van der Waals surface area (Å²) in [7, 11) is 0. The molecule has 2 aliphatic heterocycles. The Morgan fingerprint density at radius 3 is 3.20 bits per heavy atom. The van der Waals surface area contributed by atoms with Gasteiger partial charge in [0, 0.05) is 28.8 Å². The minimum atomic E-state index is -1.21. The number of nitrogens with zero attached hydrogens (tertiary/aromatic N) is 1. The van der Waals surface area contributed by atoms with Crippen molar-refractivity contribution in [3.05, 3.63) is 21.4 Å². The first-order valence-electron chi connectivity index (χ1n) is 7.37. The molecule has 1 aromatic rings. The summed E-state index contributed by atoms with van der Waals surface area (Å²) in [5.41, 5.74) is 0.694. The quantitative estimate of drug-likeness (QED) is 0.833. The van der Waals surface area contributed by atoms with E-state index in [1.54, 1.807) is 0 Å².